The van der Waals surface area contributed by atoms with Gasteiger partial charge < -0.3 is 14.6 Å². The van der Waals surface area contributed by atoms with E-state index in [1.54, 1.807) is 7.11 Å². The predicted molar refractivity (Wildman–Crippen MR) is 77.7 cm³/mol. The van der Waals surface area contributed by atoms with Crippen molar-refractivity contribution in [1.82, 2.24) is 0 Å². The Kier molecular flexibility index (Phi) is 7.34. The van der Waals surface area contributed by atoms with E-state index in [4.69, 9.17) is 9.47 Å². The molecule has 1 aromatic rings. The Morgan fingerprint density at radius 3 is 2.58 bits per heavy atom. The molecular weight excluding hydrogens is 240 g/mol. The van der Waals surface area contributed by atoms with Gasteiger partial charge in [-0.3, -0.25) is 0 Å². The summed E-state index contributed by atoms with van der Waals surface area (Å²) in [7, 11) is 1.63. The lowest BCUT2D eigenvalue weighted by Gasteiger charge is -2.16. The van der Waals surface area contributed by atoms with Gasteiger partial charge in [-0.05, 0) is 24.5 Å². The van der Waals surface area contributed by atoms with Gasteiger partial charge in [0.2, 0.25) is 0 Å². The van der Waals surface area contributed by atoms with E-state index >= 15 is 0 Å². The predicted octanol–water partition coefficient (Wildman–Crippen LogP) is 3.78. The first-order valence-electron chi connectivity index (χ1n) is 7.15. The van der Waals surface area contributed by atoms with Crippen LogP contribution in [0.4, 0.5) is 0 Å². The monoisotopic (exact) mass is 266 g/mol. The number of hydrogen-bond acceptors (Lipinski definition) is 3. The van der Waals surface area contributed by atoms with Gasteiger partial charge in [0.15, 0.2) is 0 Å². The number of methoxy groups -OCH3 is 1. The van der Waals surface area contributed by atoms with Crippen molar-refractivity contribution in [2.45, 2.75) is 46.1 Å². The van der Waals surface area contributed by atoms with Crippen LogP contribution in [0.15, 0.2) is 18.2 Å². The second-order valence-corrected chi connectivity index (χ2v) is 4.83. The van der Waals surface area contributed by atoms with Gasteiger partial charge in [-0.25, -0.2) is 0 Å². The molecule has 0 radical (unpaired) electrons. The minimum Gasteiger partial charge on any atom is -0.497 e. The van der Waals surface area contributed by atoms with Crippen LogP contribution < -0.4 is 9.47 Å². The van der Waals surface area contributed by atoms with Crippen molar-refractivity contribution in [3.05, 3.63) is 23.8 Å². The van der Waals surface area contributed by atoms with Gasteiger partial charge in [-0.15, -0.1) is 0 Å². The molecule has 3 nitrogen and oxygen atoms in total. The number of rotatable bonds is 9. The topological polar surface area (TPSA) is 38.7 Å². The standard InChI is InChI=1S/C16H26O3/c1-4-6-13(5-2)9-10-19-16-11-15(18-3)8-7-14(16)12-17/h7-8,11,13,17H,4-6,9-10,12H2,1-3H3. The van der Waals surface area contributed by atoms with Gasteiger partial charge in [0, 0.05) is 11.6 Å². The van der Waals surface area contributed by atoms with Crippen molar-refractivity contribution in [1.29, 1.82) is 0 Å². The third kappa shape index (κ3) is 5.11. The average Bonchev–Trinajstić information content (AvgIpc) is 2.46. The van der Waals surface area contributed by atoms with E-state index in [0.29, 0.717) is 6.61 Å². The normalized spacial score (nSPS) is 12.2. The molecule has 0 saturated heterocycles. The van der Waals surface area contributed by atoms with Crippen molar-refractivity contribution in [2.24, 2.45) is 5.92 Å². The summed E-state index contributed by atoms with van der Waals surface area (Å²) in [5.41, 5.74) is 0.810. The SMILES string of the molecule is CCCC(CC)CCOc1cc(OC)ccc1CO. The summed E-state index contributed by atoms with van der Waals surface area (Å²) in [4.78, 5) is 0. The van der Waals surface area contributed by atoms with E-state index in [0.717, 1.165) is 29.4 Å². The highest BCUT2D eigenvalue weighted by Crippen LogP contribution is 2.25. The summed E-state index contributed by atoms with van der Waals surface area (Å²) in [5, 5.41) is 9.30. The molecule has 1 unspecified atom stereocenters. The molecule has 19 heavy (non-hydrogen) atoms. The molecule has 0 aliphatic carbocycles. The molecule has 108 valence electrons. The van der Waals surface area contributed by atoms with Gasteiger partial charge in [0.1, 0.15) is 11.5 Å². The summed E-state index contributed by atoms with van der Waals surface area (Å²) in [6.45, 7) is 5.13. The summed E-state index contributed by atoms with van der Waals surface area (Å²) in [6.07, 6.45) is 4.74. The smallest absolute Gasteiger partial charge is 0.128 e. The molecule has 0 aliphatic rings. The number of benzene rings is 1. The maximum atomic E-state index is 9.30. The van der Waals surface area contributed by atoms with Crippen LogP contribution in [0.25, 0.3) is 0 Å². The Bertz CT molecular complexity index is 363. The van der Waals surface area contributed by atoms with Crippen molar-refractivity contribution in [3.63, 3.8) is 0 Å². The van der Waals surface area contributed by atoms with Crippen molar-refractivity contribution in [3.8, 4) is 11.5 Å². The number of aliphatic hydroxyl groups is 1. The van der Waals surface area contributed by atoms with Crippen LogP contribution in [0.2, 0.25) is 0 Å². The molecule has 1 atom stereocenters. The number of hydrogen-bond donors (Lipinski definition) is 1. The van der Waals surface area contributed by atoms with E-state index in [1.165, 1.54) is 19.3 Å². The molecule has 1 rings (SSSR count). The quantitative estimate of drug-likeness (QED) is 0.739. The van der Waals surface area contributed by atoms with Crippen molar-refractivity contribution in [2.75, 3.05) is 13.7 Å². The second-order valence-electron chi connectivity index (χ2n) is 4.83. The zero-order chi connectivity index (χ0) is 14.1. The molecule has 0 fully saturated rings. The molecule has 0 bridgehead atoms. The van der Waals surface area contributed by atoms with Crippen LogP contribution in [-0.4, -0.2) is 18.8 Å². The molecule has 1 N–H and O–H groups in total. The number of ether oxygens (including phenoxy) is 2. The minimum absolute atomic E-state index is 0.00844. The zero-order valence-electron chi connectivity index (χ0n) is 12.3. The largest absolute Gasteiger partial charge is 0.497 e. The van der Waals surface area contributed by atoms with Gasteiger partial charge in [0.25, 0.3) is 0 Å². The fraction of sp³-hybridized carbons (Fsp3) is 0.625. The van der Waals surface area contributed by atoms with E-state index < -0.39 is 0 Å². The maximum absolute atomic E-state index is 9.30. The summed E-state index contributed by atoms with van der Waals surface area (Å²) < 4.78 is 11.0. The highest BCUT2D eigenvalue weighted by atomic mass is 16.5. The fourth-order valence-electron chi connectivity index (χ4n) is 2.22. The Morgan fingerprint density at radius 2 is 2.00 bits per heavy atom. The fourth-order valence-corrected chi connectivity index (χ4v) is 2.22. The third-order valence-corrected chi connectivity index (χ3v) is 3.50. The lowest BCUT2D eigenvalue weighted by molar-refractivity contribution is 0.245. The van der Waals surface area contributed by atoms with Crippen LogP contribution >= 0.6 is 0 Å². The summed E-state index contributed by atoms with van der Waals surface area (Å²) in [5.74, 6) is 2.22. The van der Waals surface area contributed by atoms with E-state index in [1.807, 2.05) is 18.2 Å². The Hall–Kier alpha value is -1.22. The molecular formula is C16H26O3. The first kappa shape index (κ1) is 15.8. The first-order valence-corrected chi connectivity index (χ1v) is 7.15. The summed E-state index contributed by atoms with van der Waals surface area (Å²) >= 11 is 0. The van der Waals surface area contributed by atoms with Gasteiger partial charge >= 0.3 is 0 Å². The minimum atomic E-state index is -0.00844. The molecule has 0 aromatic heterocycles. The Balaban J connectivity index is 2.55. The van der Waals surface area contributed by atoms with Crippen LogP contribution in [0, 0.1) is 5.92 Å². The zero-order valence-corrected chi connectivity index (χ0v) is 12.3. The second kappa shape index (κ2) is 8.81. The highest BCUT2D eigenvalue weighted by molar-refractivity contribution is 5.40. The van der Waals surface area contributed by atoms with Crippen molar-refractivity contribution >= 4 is 0 Å². The summed E-state index contributed by atoms with van der Waals surface area (Å²) in [6, 6.07) is 5.52. The Morgan fingerprint density at radius 1 is 1.21 bits per heavy atom. The third-order valence-electron chi connectivity index (χ3n) is 3.50. The van der Waals surface area contributed by atoms with Crippen LogP contribution in [-0.2, 0) is 6.61 Å². The van der Waals surface area contributed by atoms with Crippen LogP contribution in [0.3, 0.4) is 0 Å². The van der Waals surface area contributed by atoms with Crippen molar-refractivity contribution < 1.29 is 14.6 Å². The molecule has 0 aliphatic heterocycles. The first-order chi connectivity index (χ1) is 9.24. The lowest BCUT2D eigenvalue weighted by atomic mass is 9.98. The average molecular weight is 266 g/mol. The van der Waals surface area contributed by atoms with Gasteiger partial charge in [0.05, 0.1) is 20.3 Å². The molecule has 0 saturated carbocycles. The lowest BCUT2D eigenvalue weighted by Crippen LogP contribution is -2.07. The molecule has 0 amide bonds. The van der Waals surface area contributed by atoms with E-state index in [9.17, 15) is 5.11 Å². The highest BCUT2D eigenvalue weighted by Gasteiger charge is 2.08. The van der Waals surface area contributed by atoms with Gasteiger partial charge in [-0.1, -0.05) is 33.1 Å². The number of aliphatic hydroxyl groups excluding tert-OH is 1. The Labute approximate surface area is 116 Å². The van der Waals surface area contributed by atoms with Crippen LogP contribution in [0.5, 0.6) is 11.5 Å². The van der Waals surface area contributed by atoms with E-state index in [-0.39, 0.29) is 6.61 Å². The molecule has 0 heterocycles. The maximum Gasteiger partial charge on any atom is 0.128 e. The molecule has 1 aromatic carbocycles. The molecule has 3 heteroatoms. The van der Waals surface area contributed by atoms with E-state index in [2.05, 4.69) is 13.8 Å². The van der Waals surface area contributed by atoms with Gasteiger partial charge in [-0.2, -0.15) is 0 Å². The molecule has 0 spiro atoms. The van der Waals surface area contributed by atoms with Crippen LogP contribution in [0.1, 0.15) is 45.1 Å².